The van der Waals surface area contributed by atoms with Crippen LogP contribution in [-0.4, -0.2) is 22.2 Å². The summed E-state index contributed by atoms with van der Waals surface area (Å²) in [6, 6.07) is 0. The molecule has 1 N–H and O–H groups in total. The van der Waals surface area contributed by atoms with Gasteiger partial charge in [0, 0.05) is 18.8 Å². The molecule has 4 nitrogen and oxygen atoms in total. The number of halogens is 1. The van der Waals surface area contributed by atoms with E-state index in [1.54, 1.807) is 19.3 Å². The number of hydrogen-bond donors (Lipinski definition) is 1. The quantitative estimate of drug-likeness (QED) is 0.764. The Morgan fingerprint density at radius 1 is 1.43 bits per heavy atom. The smallest absolute Gasteiger partial charge is 0.222 e. The van der Waals surface area contributed by atoms with E-state index >= 15 is 0 Å². The molecule has 72 valence electrons. The fourth-order valence-corrected chi connectivity index (χ4v) is 1.29. The summed E-state index contributed by atoms with van der Waals surface area (Å²) in [5.41, 5.74) is 1.85. The Kier molecular flexibility index (Phi) is 2.45. The third-order valence-electron chi connectivity index (χ3n) is 1.90. The second-order valence-electron chi connectivity index (χ2n) is 2.83. The fraction of sp³-hybridized carbons (Fsp3) is 0.222. The summed E-state index contributed by atoms with van der Waals surface area (Å²) < 4.78 is 0. The molecular weight excluding hydrogens is 200 g/mol. The van der Waals surface area contributed by atoms with Crippen molar-refractivity contribution in [3.63, 3.8) is 0 Å². The van der Waals surface area contributed by atoms with Crippen LogP contribution in [0, 0.1) is 0 Å². The van der Waals surface area contributed by atoms with Crippen LogP contribution >= 0.6 is 11.6 Å². The van der Waals surface area contributed by atoms with Crippen LogP contribution < -0.4 is 5.32 Å². The zero-order valence-corrected chi connectivity index (χ0v) is 8.41. The van der Waals surface area contributed by atoms with Crippen molar-refractivity contribution in [3.8, 4) is 0 Å². The van der Waals surface area contributed by atoms with Gasteiger partial charge in [0.2, 0.25) is 5.95 Å². The predicted octanol–water partition coefficient (Wildman–Crippen LogP) is 1.68. The third-order valence-corrected chi connectivity index (χ3v) is 2.15. The van der Waals surface area contributed by atoms with E-state index in [9.17, 15) is 0 Å². The van der Waals surface area contributed by atoms with Gasteiger partial charge in [0.1, 0.15) is 5.17 Å². The van der Waals surface area contributed by atoms with Gasteiger partial charge in [-0.3, -0.25) is 4.99 Å². The number of aromatic nitrogens is 2. The van der Waals surface area contributed by atoms with Gasteiger partial charge in [-0.25, -0.2) is 9.97 Å². The minimum atomic E-state index is 0.494. The topological polar surface area (TPSA) is 50.2 Å². The van der Waals surface area contributed by atoms with Crippen molar-refractivity contribution in [1.82, 2.24) is 9.97 Å². The van der Waals surface area contributed by atoms with E-state index in [4.69, 9.17) is 11.6 Å². The SMILES string of the molecule is CNc1ncc2c(n1)C=CC(Cl)=NC2. The Labute approximate surface area is 86.7 Å². The lowest BCUT2D eigenvalue weighted by molar-refractivity contribution is 1.01. The molecule has 14 heavy (non-hydrogen) atoms. The average Bonchev–Trinajstić information content (AvgIpc) is 2.40. The number of fused-ring (bicyclic) bond motifs is 1. The molecule has 0 spiro atoms. The Morgan fingerprint density at radius 3 is 3.07 bits per heavy atom. The van der Waals surface area contributed by atoms with Gasteiger partial charge in [0.05, 0.1) is 12.2 Å². The molecule has 0 bridgehead atoms. The number of nitrogens with zero attached hydrogens (tertiary/aromatic N) is 3. The van der Waals surface area contributed by atoms with Gasteiger partial charge >= 0.3 is 0 Å². The Hall–Kier alpha value is -1.42. The molecule has 0 aromatic carbocycles. The molecular formula is C9H9ClN4. The Morgan fingerprint density at radius 2 is 2.29 bits per heavy atom. The fourth-order valence-electron chi connectivity index (χ4n) is 1.17. The van der Waals surface area contributed by atoms with Gasteiger partial charge in [0.15, 0.2) is 0 Å². The standard InChI is InChI=1S/C9H9ClN4/c1-11-9-13-5-6-4-12-8(10)3-2-7(6)14-9/h2-3,5H,4H2,1H3,(H,11,13,14). The minimum Gasteiger partial charge on any atom is -0.357 e. The van der Waals surface area contributed by atoms with Crippen molar-refractivity contribution in [2.24, 2.45) is 4.99 Å². The summed E-state index contributed by atoms with van der Waals surface area (Å²) >= 11 is 5.78. The van der Waals surface area contributed by atoms with Crippen LogP contribution in [0.2, 0.25) is 0 Å². The maximum atomic E-state index is 5.78. The first kappa shape index (κ1) is 9.15. The average molecular weight is 209 g/mol. The largest absolute Gasteiger partial charge is 0.357 e. The summed E-state index contributed by atoms with van der Waals surface area (Å²) in [4.78, 5) is 12.5. The van der Waals surface area contributed by atoms with E-state index in [0.29, 0.717) is 17.7 Å². The normalized spacial score (nSPS) is 14.3. The lowest BCUT2D eigenvalue weighted by Crippen LogP contribution is -2.00. The van der Waals surface area contributed by atoms with E-state index in [1.807, 2.05) is 6.08 Å². The summed E-state index contributed by atoms with van der Waals surface area (Å²) in [5.74, 6) is 0.603. The van der Waals surface area contributed by atoms with Crippen LogP contribution in [0.15, 0.2) is 17.3 Å². The molecule has 0 atom stereocenters. The molecule has 5 heteroatoms. The van der Waals surface area contributed by atoms with Gasteiger partial charge in [-0.1, -0.05) is 11.6 Å². The highest BCUT2D eigenvalue weighted by Crippen LogP contribution is 2.14. The van der Waals surface area contributed by atoms with Gasteiger partial charge in [0.25, 0.3) is 0 Å². The highest BCUT2D eigenvalue weighted by molar-refractivity contribution is 6.68. The Bertz CT molecular complexity index is 411. The number of hydrogen-bond acceptors (Lipinski definition) is 4. The summed E-state index contributed by atoms with van der Waals surface area (Å²) in [6.07, 6.45) is 5.34. The molecule has 0 saturated carbocycles. The van der Waals surface area contributed by atoms with Gasteiger partial charge in [-0.05, 0) is 12.2 Å². The van der Waals surface area contributed by atoms with E-state index in [0.717, 1.165) is 11.3 Å². The highest BCUT2D eigenvalue weighted by Gasteiger charge is 2.06. The third kappa shape index (κ3) is 1.75. The predicted molar refractivity (Wildman–Crippen MR) is 57.6 cm³/mol. The van der Waals surface area contributed by atoms with Crippen molar-refractivity contribution in [2.75, 3.05) is 12.4 Å². The molecule has 2 heterocycles. The van der Waals surface area contributed by atoms with Crippen LogP contribution in [0.4, 0.5) is 5.95 Å². The lowest BCUT2D eigenvalue weighted by Gasteiger charge is -2.02. The Balaban J connectivity index is 2.44. The zero-order chi connectivity index (χ0) is 9.97. The second-order valence-corrected chi connectivity index (χ2v) is 3.21. The molecule has 1 aromatic rings. The minimum absolute atomic E-state index is 0.494. The molecule has 0 saturated heterocycles. The number of aliphatic imine (C=N–C) groups is 1. The van der Waals surface area contributed by atoms with Crippen LogP contribution in [0.5, 0.6) is 0 Å². The summed E-state index contributed by atoms with van der Waals surface area (Å²) in [7, 11) is 1.78. The van der Waals surface area contributed by atoms with Crippen LogP contribution in [0.3, 0.4) is 0 Å². The van der Waals surface area contributed by atoms with Crippen molar-refractivity contribution in [2.45, 2.75) is 6.54 Å². The van der Waals surface area contributed by atoms with Gasteiger partial charge in [-0.2, -0.15) is 0 Å². The van der Waals surface area contributed by atoms with E-state index in [1.165, 1.54) is 0 Å². The van der Waals surface area contributed by atoms with Crippen LogP contribution in [0.1, 0.15) is 11.3 Å². The molecule has 0 fully saturated rings. The number of rotatable bonds is 1. The van der Waals surface area contributed by atoms with Gasteiger partial charge < -0.3 is 5.32 Å². The molecule has 0 radical (unpaired) electrons. The first-order valence-corrected chi connectivity index (χ1v) is 4.59. The van der Waals surface area contributed by atoms with Crippen LogP contribution in [-0.2, 0) is 6.54 Å². The molecule has 1 aromatic heterocycles. The van der Waals surface area contributed by atoms with E-state index < -0.39 is 0 Å². The van der Waals surface area contributed by atoms with Crippen molar-refractivity contribution in [1.29, 1.82) is 0 Å². The van der Waals surface area contributed by atoms with Crippen molar-refractivity contribution >= 4 is 28.8 Å². The molecule has 0 unspecified atom stereocenters. The van der Waals surface area contributed by atoms with Crippen molar-refractivity contribution < 1.29 is 0 Å². The number of nitrogens with one attached hydrogen (secondary N) is 1. The van der Waals surface area contributed by atoms with Crippen molar-refractivity contribution in [3.05, 3.63) is 23.5 Å². The second kappa shape index (κ2) is 3.75. The molecule has 0 amide bonds. The molecule has 1 aliphatic rings. The number of allylic oxidation sites excluding steroid dienone is 1. The summed E-state index contributed by atoms with van der Waals surface area (Å²) in [6.45, 7) is 0.533. The highest BCUT2D eigenvalue weighted by atomic mass is 35.5. The first-order chi connectivity index (χ1) is 6.79. The maximum Gasteiger partial charge on any atom is 0.222 e. The first-order valence-electron chi connectivity index (χ1n) is 4.21. The van der Waals surface area contributed by atoms with E-state index in [-0.39, 0.29) is 0 Å². The lowest BCUT2D eigenvalue weighted by atomic mass is 10.2. The monoisotopic (exact) mass is 208 g/mol. The molecule has 0 aliphatic carbocycles. The maximum absolute atomic E-state index is 5.78. The van der Waals surface area contributed by atoms with E-state index in [2.05, 4.69) is 20.3 Å². The zero-order valence-electron chi connectivity index (χ0n) is 7.66. The number of anilines is 1. The van der Waals surface area contributed by atoms with Gasteiger partial charge in [-0.15, -0.1) is 0 Å². The summed E-state index contributed by atoms with van der Waals surface area (Å²) in [5, 5.41) is 3.38. The van der Waals surface area contributed by atoms with Crippen LogP contribution in [0.25, 0.3) is 6.08 Å². The molecule has 2 rings (SSSR count). The molecule has 1 aliphatic heterocycles.